The molecule has 0 rings (SSSR count). The molecule has 0 aliphatic carbocycles. The number of halogens is 10. The van der Waals surface area contributed by atoms with Gasteiger partial charge in [-0.1, -0.05) is 3.89 Å². The van der Waals surface area contributed by atoms with Crippen LogP contribution in [0.4, 0.5) is 39.0 Å². The van der Waals surface area contributed by atoms with Crippen molar-refractivity contribution in [2.75, 3.05) is 0 Å². The van der Waals surface area contributed by atoms with Gasteiger partial charge in [0.05, 0.1) is 0 Å². The summed E-state index contributed by atoms with van der Waals surface area (Å²) in [5, 5.41) is -6.87. The molecule has 20 heavy (non-hydrogen) atoms. The number of alkyl halides is 8. The van der Waals surface area contributed by atoms with Gasteiger partial charge < -0.3 is 0 Å². The summed E-state index contributed by atoms with van der Waals surface area (Å²) in [5.74, 6) is -6.04. The summed E-state index contributed by atoms with van der Waals surface area (Å²) >= 11 is 0.856. The largest absolute Gasteiger partial charge is 0.464 e. The van der Waals surface area contributed by atoms with E-state index in [1.165, 1.54) is 0 Å². The molecule has 0 saturated carbocycles. The molecule has 0 heterocycles. The lowest BCUT2D eigenvalue weighted by Gasteiger charge is -2.31. The molecule has 4 nitrogen and oxygen atoms in total. The first-order valence-electron chi connectivity index (χ1n) is 3.75. The summed E-state index contributed by atoms with van der Waals surface area (Å²) in [6, 6.07) is -4.01. The van der Waals surface area contributed by atoms with E-state index in [2.05, 4.69) is 0 Å². The molecule has 0 radical (unpaired) electrons. The van der Waals surface area contributed by atoms with Crippen LogP contribution >= 0.6 is 15.9 Å². The van der Waals surface area contributed by atoms with E-state index in [1.807, 2.05) is 4.74 Å². The maximum absolute atomic E-state index is 13.0. The fourth-order valence-corrected chi connectivity index (χ4v) is 1.15. The molecule has 0 saturated heterocycles. The second-order valence-electron chi connectivity index (χ2n) is 2.94. The fourth-order valence-electron chi connectivity index (χ4n) is 0.587. The Hall–Kier alpha value is -0.570. The Kier molecular flexibility index (Phi) is 4.87. The van der Waals surface area contributed by atoms with Crippen molar-refractivity contribution in [3.05, 3.63) is 0 Å². The fraction of sp³-hybridized carbons (Fsp3) is 0.800. The van der Waals surface area contributed by atoms with E-state index < -0.39 is 38.3 Å². The molecular formula is C5BrF9O4S. The summed E-state index contributed by atoms with van der Waals surface area (Å²) in [4.78, 5) is 4.26. The lowest BCUT2D eigenvalue weighted by Crippen LogP contribution is -2.58. The predicted octanol–water partition coefficient (Wildman–Crippen LogP) is 2.64. The van der Waals surface area contributed by atoms with Crippen LogP contribution in [-0.4, -0.2) is 36.5 Å². The zero-order valence-electron chi connectivity index (χ0n) is 8.32. The summed E-state index contributed by atoms with van der Waals surface area (Å²) in [7, 11) is -7.47. The molecule has 0 amide bonds. The maximum Gasteiger partial charge on any atom is 0.464 e. The van der Waals surface area contributed by atoms with E-state index in [4.69, 9.17) is 0 Å². The molecule has 0 spiro atoms. The molecular weight excluding hydrogens is 407 g/mol. The number of carbonyl (C=O) groups is 1. The minimum Gasteiger partial charge on any atom is -0.262 e. The van der Waals surface area contributed by atoms with Crippen LogP contribution in [0, 0.1) is 0 Å². The highest BCUT2D eigenvalue weighted by molar-refractivity contribution is 9.10. The first-order valence-corrected chi connectivity index (χ1v) is 5.93. The number of carbonyl (C=O) groups excluding carboxylic acids is 1. The van der Waals surface area contributed by atoms with Gasteiger partial charge in [0.25, 0.3) is 0 Å². The lowest BCUT2D eigenvalue weighted by molar-refractivity contribution is -0.393. The van der Waals surface area contributed by atoms with Crippen molar-refractivity contribution in [2.45, 2.75) is 22.0 Å². The van der Waals surface area contributed by atoms with Crippen LogP contribution in [0.3, 0.4) is 0 Å². The molecule has 0 bridgehead atoms. The van der Waals surface area contributed by atoms with Crippen LogP contribution in [0.5, 0.6) is 0 Å². The number of ether oxygens (including phenoxy) is 1. The molecule has 0 aliphatic heterocycles. The number of hydrogen-bond donors (Lipinski definition) is 0. The van der Waals surface area contributed by atoms with E-state index in [0.717, 1.165) is 15.9 Å². The van der Waals surface area contributed by atoms with Crippen LogP contribution in [0.1, 0.15) is 0 Å². The minimum atomic E-state index is -7.47. The highest BCUT2D eigenvalue weighted by Crippen LogP contribution is 2.48. The molecule has 15 heteroatoms. The van der Waals surface area contributed by atoms with Crippen molar-refractivity contribution in [3.63, 3.8) is 0 Å². The first-order chi connectivity index (χ1) is 8.40. The van der Waals surface area contributed by atoms with Crippen molar-refractivity contribution in [3.8, 4) is 0 Å². The Morgan fingerprint density at radius 1 is 1.00 bits per heavy atom. The molecule has 1 atom stereocenters. The third-order valence-electron chi connectivity index (χ3n) is 1.53. The van der Waals surface area contributed by atoms with Crippen LogP contribution in [0.2, 0.25) is 0 Å². The highest BCUT2D eigenvalue weighted by Gasteiger charge is 2.75. The summed E-state index contributed by atoms with van der Waals surface area (Å²) < 4.78 is 133. The van der Waals surface area contributed by atoms with Crippen molar-refractivity contribution >= 4 is 32.2 Å². The number of hydrogen-bond acceptors (Lipinski definition) is 4. The Labute approximate surface area is 112 Å². The zero-order valence-corrected chi connectivity index (χ0v) is 10.7. The van der Waals surface area contributed by atoms with Crippen molar-refractivity contribution < 1.29 is 57.0 Å². The van der Waals surface area contributed by atoms with Gasteiger partial charge in [0.15, 0.2) is 0 Å². The van der Waals surface area contributed by atoms with E-state index in [9.17, 15) is 52.2 Å². The summed E-state index contributed by atoms with van der Waals surface area (Å²) in [5.41, 5.74) is 0. The molecule has 1 unspecified atom stereocenters. The van der Waals surface area contributed by atoms with Gasteiger partial charge in [-0.15, -0.1) is 0 Å². The van der Waals surface area contributed by atoms with Gasteiger partial charge >= 0.3 is 38.3 Å². The topological polar surface area (TPSA) is 60.4 Å². The minimum absolute atomic E-state index is 0.856. The van der Waals surface area contributed by atoms with Crippen molar-refractivity contribution in [1.82, 2.24) is 0 Å². The van der Waals surface area contributed by atoms with Crippen LogP contribution in [0.15, 0.2) is 0 Å². The average molecular weight is 407 g/mol. The molecule has 0 N–H and O–H groups in total. The van der Waals surface area contributed by atoms with Crippen LogP contribution < -0.4 is 0 Å². The van der Waals surface area contributed by atoms with E-state index in [-0.39, 0.29) is 0 Å². The molecule has 0 aromatic carbocycles. The summed E-state index contributed by atoms with van der Waals surface area (Å²) in [6.45, 7) is 0. The maximum atomic E-state index is 13.0. The molecule has 0 fully saturated rings. The second kappa shape index (κ2) is 5.01. The monoisotopic (exact) mass is 406 g/mol. The quantitative estimate of drug-likeness (QED) is 0.386. The summed E-state index contributed by atoms with van der Waals surface area (Å²) in [6.07, 6.45) is -6.84. The van der Waals surface area contributed by atoms with Crippen molar-refractivity contribution in [2.24, 2.45) is 0 Å². The predicted molar refractivity (Wildman–Crippen MR) is 44.8 cm³/mol. The lowest BCUT2D eigenvalue weighted by atomic mass is 10.3. The third-order valence-corrected chi connectivity index (χ3v) is 2.89. The Bertz CT molecular complexity index is 499. The van der Waals surface area contributed by atoms with Gasteiger partial charge in [0.2, 0.25) is 0 Å². The zero-order chi connectivity index (χ0) is 16.8. The van der Waals surface area contributed by atoms with Crippen LogP contribution in [0.25, 0.3) is 0 Å². The van der Waals surface area contributed by atoms with Gasteiger partial charge in [0, 0.05) is 0 Å². The molecule has 0 aromatic heterocycles. The smallest absolute Gasteiger partial charge is 0.262 e. The molecule has 120 valence electrons. The third kappa shape index (κ3) is 3.19. The second-order valence-corrected chi connectivity index (χ2v) is 5.32. The van der Waals surface area contributed by atoms with Crippen LogP contribution in [-0.2, 0) is 19.8 Å². The van der Waals surface area contributed by atoms with E-state index >= 15 is 0 Å². The first kappa shape index (κ1) is 19.4. The van der Waals surface area contributed by atoms with Crippen molar-refractivity contribution in [1.29, 1.82) is 0 Å². The SMILES string of the molecule is O=C(F)C(F)(OC(F)(F)C(F)(F)S(=O)(=O)F)C(F)(F)Br. The van der Waals surface area contributed by atoms with E-state index in [1.54, 1.807) is 0 Å². The van der Waals surface area contributed by atoms with E-state index in [0.29, 0.717) is 0 Å². The standard InChI is InChI=1S/C5BrF9O4S/c6-3(9,10)2(8,1(7)16)19-4(11,12)5(13,14)20(15,17)18. The molecule has 0 aromatic rings. The van der Waals surface area contributed by atoms with Gasteiger partial charge in [-0.2, -0.15) is 43.5 Å². The molecule has 0 aliphatic rings. The van der Waals surface area contributed by atoms with Gasteiger partial charge in [-0.05, 0) is 15.9 Å². The number of rotatable bonds is 6. The Morgan fingerprint density at radius 2 is 1.35 bits per heavy atom. The highest BCUT2D eigenvalue weighted by atomic mass is 79.9. The van der Waals surface area contributed by atoms with Gasteiger partial charge in [-0.3, -0.25) is 9.53 Å². The Balaban J connectivity index is 5.86. The Morgan fingerprint density at radius 3 is 1.55 bits per heavy atom. The van der Waals surface area contributed by atoms with Gasteiger partial charge in [-0.25, -0.2) is 0 Å². The average Bonchev–Trinajstić information content (AvgIpc) is 2.12. The normalized spacial score (nSPS) is 17.7. The van der Waals surface area contributed by atoms with Gasteiger partial charge in [0.1, 0.15) is 0 Å².